The lowest BCUT2D eigenvalue weighted by Crippen LogP contribution is -2.31. The second-order valence-electron chi connectivity index (χ2n) is 3.48. The van der Waals surface area contributed by atoms with Gasteiger partial charge in [-0.2, -0.15) is 0 Å². The van der Waals surface area contributed by atoms with Gasteiger partial charge in [0.05, 0.1) is 20.1 Å². The highest BCUT2D eigenvalue weighted by atomic mass is 16.5. The van der Waals surface area contributed by atoms with Crippen LogP contribution in [0.2, 0.25) is 0 Å². The van der Waals surface area contributed by atoms with E-state index >= 15 is 0 Å². The Morgan fingerprint density at radius 2 is 2.43 bits per heavy atom. The number of rotatable bonds is 3. The third-order valence-corrected chi connectivity index (χ3v) is 2.21. The molecule has 14 heavy (non-hydrogen) atoms. The van der Waals surface area contributed by atoms with Gasteiger partial charge in [-0.25, -0.2) is 0 Å². The van der Waals surface area contributed by atoms with Crippen LogP contribution in [0.1, 0.15) is 6.42 Å². The van der Waals surface area contributed by atoms with Gasteiger partial charge in [-0.1, -0.05) is 6.08 Å². The van der Waals surface area contributed by atoms with Crippen molar-refractivity contribution >= 4 is 11.7 Å². The van der Waals surface area contributed by atoms with Crippen molar-refractivity contribution in [2.24, 2.45) is 4.99 Å². The van der Waals surface area contributed by atoms with E-state index in [9.17, 15) is 4.79 Å². The first-order chi connectivity index (χ1) is 6.63. The molecule has 4 heteroatoms. The number of nitrogens with zero attached hydrogens (tertiary/aromatic N) is 2. The Morgan fingerprint density at radius 1 is 1.71 bits per heavy atom. The fourth-order valence-corrected chi connectivity index (χ4v) is 1.22. The number of hydrogen-bond acceptors (Lipinski definition) is 4. The van der Waals surface area contributed by atoms with Gasteiger partial charge in [0.15, 0.2) is 0 Å². The Hall–Kier alpha value is -1.16. The van der Waals surface area contributed by atoms with E-state index in [1.54, 1.807) is 0 Å². The third kappa shape index (κ3) is 2.96. The first-order valence-corrected chi connectivity index (χ1v) is 4.58. The molecule has 0 aliphatic carbocycles. The molecule has 0 N–H and O–H groups in total. The molecule has 0 aromatic rings. The number of allylic oxidation sites excluding steroid dienone is 1. The molecule has 1 rings (SSSR count). The molecule has 1 atom stereocenters. The molecule has 0 spiro atoms. The van der Waals surface area contributed by atoms with Crippen LogP contribution in [0.25, 0.3) is 0 Å². The lowest BCUT2D eigenvalue weighted by molar-refractivity contribution is -0.139. The predicted octanol–water partition coefficient (Wildman–Crippen LogP) is 0.490. The number of likely N-dealkylation sites (N-methyl/N-ethyl adjacent to an activating group) is 1. The lowest BCUT2D eigenvalue weighted by Gasteiger charge is -2.21. The van der Waals surface area contributed by atoms with Crippen molar-refractivity contribution in [2.75, 3.05) is 27.7 Å². The van der Waals surface area contributed by atoms with E-state index in [4.69, 9.17) is 0 Å². The lowest BCUT2D eigenvalue weighted by atomic mass is 10.1. The second-order valence-corrected chi connectivity index (χ2v) is 3.48. The van der Waals surface area contributed by atoms with Crippen molar-refractivity contribution in [1.82, 2.24) is 4.90 Å². The van der Waals surface area contributed by atoms with Crippen LogP contribution in [-0.4, -0.2) is 50.4 Å². The zero-order valence-corrected chi connectivity index (χ0v) is 8.86. The molecule has 0 radical (unpaired) electrons. The first kappa shape index (κ1) is 10.9. The summed E-state index contributed by atoms with van der Waals surface area (Å²) in [5, 5.41) is 0. The van der Waals surface area contributed by atoms with Gasteiger partial charge in [-0.05, 0) is 20.2 Å². The average Bonchev–Trinajstić information content (AvgIpc) is 2.18. The summed E-state index contributed by atoms with van der Waals surface area (Å²) in [7, 11) is 5.41. The van der Waals surface area contributed by atoms with Crippen molar-refractivity contribution in [3.05, 3.63) is 12.2 Å². The summed E-state index contributed by atoms with van der Waals surface area (Å²) in [6, 6.07) is 0.344. The number of hydrogen-bond donors (Lipinski definition) is 0. The van der Waals surface area contributed by atoms with E-state index in [0.29, 0.717) is 6.04 Å². The summed E-state index contributed by atoms with van der Waals surface area (Å²) in [5.74, 6) is -0.239. The van der Waals surface area contributed by atoms with Gasteiger partial charge in [-0.3, -0.25) is 9.79 Å². The number of esters is 1. The molecule has 0 bridgehead atoms. The average molecular weight is 196 g/mol. The van der Waals surface area contributed by atoms with Crippen molar-refractivity contribution in [3.63, 3.8) is 0 Å². The van der Waals surface area contributed by atoms with Gasteiger partial charge >= 0.3 is 5.97 Å². The number of methoxy groups -OCH3 is 1. The van der Waals surface area contributed by atoms with E-state index in [2.05, 4.69) is 20.7 Å². The number of aliphatic imine (C=N–C) groups is 1. The van der Waals surface area contributed by atoms with Gasteiger partial charge in [0.2, 0.25) is 0 Å². The first-order valence-electron chi connectivity index (χ1n) is 4.58. The van der Waals surface area contributed by atoms with Crippen LogP contribution in [0.3, 0.4) is 0 Å². The molecule has 0 fully saturated rings. The number of carbonyl (C=O) groups is 1. The minimum Gasteiger partial charge on any atom is -0.469 e. The van der Waals surface area contributed by atoms with Crippen LogP contribution < -0.4 is 0 Å². The largest absolute Gasteiger partial charge is 0.469 e. The molecular formula is C10H16N2O2. The Bertz CT molecular complexity index is 269. The van der Waals surface area contributed by atoms with E-state index in [1.165, 1.54) is 7.11 Å². The second kappa shape index (κ2) is 4.91. The Labute approximate surface area is 84.3 Å². The maximum atomic E-state index is 10.9. The van der Waals surface area contributed by atoms with E-state index in [1.807, 2.05) is 20.2 Å². The maximum absolute atomic E-state index is 10.9. The highest BCUT2D eigenvalue weighted by Crippen LogP contribution is 2.05. The summed E-state index contributed by atoms with van der Waals surface area (Å²) in [6.07, 6.45) is 4.23. The zero-order valence-electron chi connectivity index (χ0n) is 8.86. The summed E-state index contributed by atoms with van der Waals surface area (Å²) in [4.78, 5) is 17.3. The zero-order chi connectivity index (χ0) is 10.6. The Kier molecular flexibility index (Phi) is 3.83. The summed E-state index contributed by atoms with van der Waals surface area (Å²) < 4.78 is 4.56. The Morgan fingerprint density at radius 3 is 2.86 bits per heavy atom. The predicted molar refractivity (Wildman–Crippen MR) is 55.6 cm³/mol. The molecule has 78 valence electrons. The minimum absolute atomic E-state index is 0.239. The number of dihydropyridines is 1. The topological polar surface area (TPSA) is 41.9 Å². The quantitative estimate of drug-likeness (QED) is 0.617. The van der Waals surface area contributed by atoms with E-state index in [0.717, 1.165) is 12.3 Å². The number of ether oxygens (including phenoxy) is 1. The molecule has 0 aromatic heterocycles. The molecule has 0 saturated carbocycles. The molecule has 0 aromatic carbocycles. The molecule has 1 aliphatic heterocycles. The maximum Gasteiger partial charge on any atom is 0.311 e. The van der Waals surface area contributed by atoms with Crippen LogP contribution in [0.4, 0.5) is 0 Å². The highest BCUT2D eigenvalue weighted by molar-refractivity contribution is 6.05. The van der Waals surface area contributed by atoms with Crippen molar-refractivity contribution in [3.8, 4) is 0 Å². The van der Waals surface area contributed by atoms with Crippen molar-refractivity contribution in [1.29, 1.82) is 0 Å². The fraction of sp³-hybridized carbons (Fsp3) is 0.600. The Balaban J connectivity index is 2.47. The van der Waals surface area contributed by atoms with E-state index < -0.39 is 0 Å². The van der Waals surface area contributed by atoms with Crippen LogP contribution in [0.15, 0.2) is 17.1 Å². The van der Waals surface area contributed by atoms with Crippen LogP contribution >= 0.6 is 0 Å². The van der Waals surface area contributed by atoms with Crippen LogP contribution in [0.5, 0.6) is 0 Å². The summed E-state index contributed by atoms with van der Waals surface area (Å²) >= 11 is 0. The molecule has 0 saturated heterocycles. The highest BCUT2D eigenvalue weighted by Gasteiger charge is 2.13. The van der Waals surface area contributed by atoms with Gasteiger partial charge in [0, 0.05) is 11.8 Å². The van der Waals surface area contributed by atoms with Gasteiger partial charge in [0.1, 0.15) is 0 Å². The molecule has 1 unspecified atom stereocenters. The number of carbonyl (C=O) groups excluding carboxylic acids is 1. The standard InChI is InChI=1S/C10H16N2O2/c1-12(2)9-5-4-8(11-7-9)6-10(13)14-3/h4-5,9H,6-7H2,1-3H3. The van der Waals surface area contributed by atoms with Crippen molar-refractivity contribution in [2.45, 2.75) is 12.5 Å². The molecule has 0 amide bonds. The van der Waals surface area contributed by atoms with Crippen molar-refractivity contribution < 1.29 is 9.53 Å². The third-order valence-electron chi connectivity index (χ3n) is 2.21. The minimum atomic E-state index is -0.239. The SMILES string of the molecule is COC(=O)CC1=NCC(N(C)C)C=C1. The summed E-state index contributed by atoms with van der Waals surface area (Å²) in [5.41, 5.74) is 0.801. The van der Waals surface area contributed by atoms with Crippen LogP contribution in [0, 0.1) is 0 Å². The monoisotopic (exact) mass is 196 g/mol. The van der Waals surface area contributed by atoms with Gasteiger partial charge in [0.25, 0.3) is 0 Å². The smallest absolute Gasteiger partial charge is 0.311 e. The fourth-order valence-electron chi connectivity index (χ4n) is 1.22. The molecule has 1 aliphatic rings. The van der Waals surface area contributed by atoms with Gasteiger partial charge in [-0.15, -0.1) is 0 Å². The van der Waals surface area contributed by atoms with Gasteiger partial charge < -0.3 is 9.64 Å². The summed E-state index contributed by atoms with van der Waals surface area (Å²) in [6.45, 7) is 0.718. The van der Waals surface area contributed by atoms with Crippen LogP contribution in [-0.2, 0) is 9.53 Å². The molecular weight excluding hydrogens is 180 g/mol. The normalized spacial score (nSPS) is 20.9. The van der Waals surface area contributed by atoms with E-state index in [-0.39, 0.29) is 12.4 Å². The molecule has 4 nitrogen and oxygen atoms in total. The molecule has 1 heterocycles.